The van der Waals surface area contributed by atoms with Crippen LogP contribution in [0.1, 0.15) is 17.7 Å². The van der Waals surface area contributed by atoms with E-state index in [1.807, 2.05) is 0 Å². The first-order valence-electron chi connectivity index (χ1n) is 4.55. The molecule has 0 N–H and O–H groups in total. The summed E-state index contributed by atoms with van der Waals surface area (Å²) < 4.78 is 42.6. The molecule has 0 saturated carbocycles. The highest BCUT2D eigenvalue weighted by Gasteiger charge is 2.29. The summed E-state index contributed by atoms with van der Waals surface area (Å²) in [6, 6.07) is 0.614. The van der Waals surface area contributed by atoms with Gasteiger partial charge < -0.3 is 4.74 Å². The fourth-order valence-corrected chi connectivity index (χ4v) is 1.24. The molecule has 0 aromatic carbocycles. The topological polar surface area (TPSA) is 82.3 Å². The number of aromatic nitrogens is 1. The van der Waals surface area contributed by atoms with Crippen molar-refractivity contribution in [2.45, 2.75) is 12.8 Å². The third kappa shape index (κ3) is 2.93. The van der Waals surface area contributed by atoms with Gasteiger partial charge in [-0.05, 0) is 6.07 Å². The van der Waals surface area contributed by atoms with Crippen LogP contribution in [0.15, 0.2) is 6.07 Å². The maximum absolute atomic E-state index is 13.2. The van der Waals surface area contributed by atoms with Crippen LogP contribution >= 0.6 is 0 Å². The minimum absolute atomic E-state index is 0.361. The molecule has 0 unspecified atom stereocenters. The number of ether oxygens (including phenoxy) is 1. The molecule has 6 nitrogen and oxygen atoms in total. The number of esters is 1. The molecule has 0 saturated heterocycles. The van der Waals surface area contributed by atoms with Crippen molar-refractivity contribution in [3.8, 4) is 0 Å². The van der Waals surface area contributed by atoms with E-state index < -0.39 is 40.9 Å². The molecule has 1 aromatic heterocycles. The van der Waals surface area contributed by atoms with Crippen molar-refractivity contribution in [2.75, 3.05) is 7.11 Å². The van der Waals surface area contributed by atoms with Gasteiger partial charge in [0.15, 0.2) is 0 Å². The van der Waals surface area contributed by atoms with Crippen molar-refractivity contribution >= 4 is 11.7 Å². The number of nitrogens with zero attached hydrogens (tertiary/aromatic N) is 2. The molecule has 0 amide bonds. The second-order valence-electron chi connectivity index (χ2n) is 3.15. The molecule has 0 bridgehead atoms. The molecule has 9 heteroatoms. The molecule has 0 atom stereocenters. The maximum atomic E-state index is 13.2. The summed E-state index contributed by atoms with van der Waals surface area (Å²) in [6.07, 6.45) is -3.80. The summed E-state index contributed by atoms with van der Waals surface area (Å²) in [5.74, 6) is -2.48. The zero-order valence-electron chi connectivity index (χ0n) is 9.02. The summed E-state index contributed by atoms with van der Waals surface area (Å²) in [4.78, 5) is 23.1. The van der Waals surface area contributed by atoms with Gasteiger partial charge in [0.25, 0.3) is 12.4 Å². The second kappa shape index (κ2) is 5.43. The Kier molecular flexibility index (Phi) is 4.18. The highest BCUT2D eigenvalue weighted by atomic mass is 19.3. The van der Waals surface area contributed by atoms with E-state index in [-0.39, 0.29) is 5.69 Å². The molecule has 0 fully saturated rings. The van der Waals surface area contributed by atoms with Crippen LogP contribution < -0.4 is 0 Å². The first-order valence-corrected chi connectivity index (χ1v) is 4.55. The molecule has 1 heterocycles. The highest BCUT2D eigenvalue weighted by Crippen LogP contribution is 2.31. The summed E-state index contributed by atoms with van der Waals surface area (Å²) in [5.41, 5.74) is -2.87. The smallest absolute Gasteiger partial charge is 0.332 e. The monoisotopic (exact) mass is 264 g/mol. The van der Waals surface area contributed by atoms with E-state index in [1.165, 1.54) is 0 Å². The van der Waals surface area contributed by atoms with Gasteiger partial charge in [0.05, 0.1) is 24.1 Å². The number of hydrogen-bond acceptors (Lipinski definition) is 5. The molecule has 0 spiro atoms. The van der Waals surface area contributed by atoms with E-state index in [0.717, 1.165) is 7.11 Å². The lowest BCUT2D eigenvalue weighted by atomic mass is 10.1. The van der Waals surface area contributed by atoms with E-state index in [2.05, 4.69) is 9.72 Å². The van der Waals surface area contributed by atoms with E-state index in [1.54, 1.807) is 0 Å². The summed E-state index contributed by atoms with van der Waals surface area (Å²) in [5, 5.41) is 10.4. The number of rotatable bonds is 4. The number of carbonyl (C=O) groups is 1. The lowest BCUT2D eigenvalue weighted by Crippen LogP contribution is -2.10. The minimum atomic E-state index is -3.25. The van der Waals surface area contributed by atoms with Gasteiger partial charge in [0.2, 0.25) is 0 Å². The zero-order valence-corrected chi connectivity index (χ0v) is 9.02. The molecule has 0 aliphatic rings. The van der Waals surface area contributed by atoms with E-state index in [9.17, 15) is 28.1 Å². The van der Waals surface area contributed by atoms with E-state index >= 15 is 0 Å². The SMILES string of the molecule is COC(=O)Cc1cc(C(F)F)c([N+](=O)[O-])c(F)n1. The number of methoxy groups -OCH3 is 1. The van der Waals surface area contributed by atoms with E-state index in [0.29, 0.717) is 6.07 Å². The quantitative estimate of drug-likeness (QED) is 0.358. The molecule has 1 rings (SSSR count). The predicted molar refractivity (Wildman–Crippen MR) is 51.5 cm³/mol. The van der Waals surface area contributed by atoms with Crippen LogP contribution in [0.25, 0.3) is 0 Å². The van der Waals surface area contributed by atoms with Crippen LogP contribution in [-0.4, -0.2) is 23.0 Å². The summed E-state index contributed by atoms with van der Waals surface area (Å²) in [6.45, 7) is 0. The van der Waals surface area contributed by atoms with Gasteiger partial charge in [-0.3, -0.25) is 14.9 Å². The molecule has 0 aliphatic heterocycles. The Morgan fingerprint density at radius 1 is 1.61 bits per heavy atom. The van der Waals surface area contributed by atoms with Gasteiger partial charge in [-0.1, -0.05) is 0 Å². The van der Waals surface area contributed by atoms with Gasteiger partial charge >= 0.3 is 11.7 Å². The average Bonchev–Trinajstić information content (AvgIpc) is 2.27. The Hall–Kier alpha value is -2.19. The van der Waals surface area contributed by atoms with Crippen LogP contribution in [0, 0.1) is 16.1 Å². The lowest BCUT2D eigenvalue weighted by Gasteiger charge is -2.05. The third-order valence-corrected chi connectivity index (χ3v) is 2.00. The van der Waals surface area contributed by atoms with Crippen molar-refractivity contribution in [3.05, 3.63) is 33.4 Å². The molecule has 0 aliphatic carbocycles. The van der Waals surface area contributed by atoms with Crippen molar-refractivity contribution in [1.82, 2.24) is 4.98 Å². The van der Waals surface area contributed by atoms with Crippen molar-refractivity contribution in [2.24, 2.45) is 0 Å². The number of halogens is 3. The fraction of sp³-hybridized carbons (Fsp3) is 0.333. The Morgan fingerprint density at radius 3 is 2.67 bits per heavy atom. The van der Waals surface area contributed by atoms with Crippen LogP contribution in [0.2, 0.25) is 0 Å². The van der Waals surface area contributed by atoms with Gasteiger partial charge in [0, 0.05) is 0 Å². The number of hydrogen-bond donors (Lipinski definition) is 0. The molecule has 98 valence electrons. The maximum Gasteiger partial charge on any atom is 0.332 e. The summed E-state index contributed by atoms with van der Waals surface area (Å²) in [7, 11) is 1.05. The second-order valence-corrected chi connectivity index (χ2v) is 3.15. The Bertz CT molecular complexity index is 493. The Labute approximate surface area is 98.5 Å². The molecule has 1 aromatic rings. The number of carbonyl (C=O) groups excluding carboxylic acids is 1. The third-order valence-electron chi connectivity index (χ3n) is 2.00. The van der Waals surface area contributed by atoms with Crippen LogP contribution in [0.4, 0.5) is 18.9 Å². The zero-order chi connectivity index (χ0) is 13.9. The van der Waals surface area contributed by atoms with E-state index in [4.69, 9.17) is 0 Å². The van der Waals surface area contributed by atoms with Gasteiger partial charge in [-0.25, -0.2) is 13.8 Å². The van der Waals surface area contributed by atoms with Crippen LogP contribution in [0.5, 0.6) is 0 Å². The van der Waals surface area contributed by atoms with Crippen LogP contribution in [0.3, 0.4) is 0 Å². The number of pyridine rings is 1. The molecular weight excluding hydrogens is 257 g/mol. The molecular formula is C9H7F3N2O4. The number of alkyl halides is 2. The van der Waals surface area contributed by atoms with Crippen molar-refractivity contribution in [1.29, 1.82) is 0 Å². The Balaban J connectivity index is 3.27. The van der Waals surface area contributed by atoms with Crippen molar-refractivity contribution < 1.29 is 27.6 Å². The van der Waals surface area contributed by atoms with Crippen molar-refractivity contribution in [3.63, 3.8) is 0 Å². The molecule has 18 heavy (non-hydrogen) atoms. The average molecular weight is 264 g/mol. The summed E-state index contributed by atoms with van der Waals surface area (Å²) >= 11 is 0. The highest BCUT2D eigenvalue weighted by molar-refractivity contribution is 5.72. The Morgan fingerprint density at radius 2 is 2.22 bits per heavy atom. The van der Waals surface area contributed by atoms with Gasteiger partial charge in [-0.2, -0.15) is 4.39 Å². The van der Waals surface area contributed by atoms with Crippen LogP contribution in [-0.2, 0) is 16.0 Å². The molecule has 0 radical (unpaired) electrons. The predicted octanol–water partition coefficient (Wildman–Crippen LogP) is 1.78. The number of nitro groups is 1. The van der Waals surface area contributed by atoms with Gasteiger partial charge in [-0.15, -0.1) is 0 Å². The first kappa shape index (κ1) is 13.9. The lowest BCUT2D eigenvalue weighted by molar-refractivity contribution is -0.389. The standard InChI is InChI=1S/C9H7F3N2O4/c1-18-6(15)3-4-2-5(8(10)11)7(14(16)17)9(12)13-4/h2,8H,3H2,1H3. The van der Waals surface area contributed by atoms with Gasteiger partial charge in [0.1, 0.15) is 5.56 Å². The minimum Gasteiger partial charge on any atom is -0.469 e. The fourth-order valence-electron chi connectivity index (χ4n) is 1.24. The first-order chi connectivity index (χ1) is 8.36. The normalized spacial score (nSPS) is 10.5. The largest absolute Gasteiger partial charge is 0.469 e.